The second-order valence-electron chi connectivity index (χ2n) is 4.76. The molecule has 1 aliphatic rings. The van der Waals surface area contributed by atoms with E-state index in [0.717, 1.165) is 19.5 Å². The van der Waals surface area contributed by atoms with Crippen molar-refractivity contribution in [2.24, 2.45) is 0 Å². The molecule has 1 amide bonds. The van der Waals surface area contributed by atoms with Crippen molar-refractivity contribution in [1.82, 2.24) is 10.6 Å². The molecular formula is C13H26N2O. The van der Waals surface area contributed by atoms with Gasteiger partial charge in [0.15, 0.2) is 0 Å². The van der Waals surface area contributed by atoms with Crippen LogP contribution in [0.4, 0.5) is 0 Å². The van der Waals surface area contributed by atoms with E-state index >= 15 is 0 Å². The van der Waals surface area contributed by atoms with Crippen LogP contribution in [0.15, 0.2) is 0 Å². The largest absolute Gasteiger partial charge is 0.355 e. The molecule has 1 fully saturated rings. The number of unbranched alkanes of at least 4 members (excludes halogenated alkanes) is 4. The molecule has 0 aliphatic carbocycles. The lowest BCUT2D eigenvalue weighted by Crippen LogP contribution is -2.37. The highest BCUT2D eigenvalue weighted by Crippen LogP contribution is 2.06. The summed E-state index contributed by atoms with van der Waals surface area (Å²) in [5.41, 5.74) is 0. The van der Waals surface area contributed by atoms with Gasteiger partial charge in [0.2, 0.25) is 5.91 Å². The highest BCUT2D eigenvalue weighted by molar-refractivity contribution is 5.75. The number of hydrogen-bond donors (Lipinski definition) is 2. The molecule has 1 saturated heterocycles. The van der Waals surface area contributed by atoms with Gasteiger partial charge in [-0.3, -0.25) is 4.79 Å². The van der Waals surface area contributed by atoms with E-state index in [4.69, 9.17) is 0 Å². The molecule has 1 heterocycles. The average molecular weight is 226 g/mol. The van der Waals surface area contributed by atoms with Crippen molar-refractivity contribution in [2.75, 3.05) is 13.1 Å². The summed E-state index contributed by atoms with van der Waals surface area (Å²) in [6, 6.07) is 0.518. The molecule has 0 aromatic carbocycles. The lowest BCUT2D eigenvalue weighted by molar-refractivity contribution is -0.121. The van der Waals surface area contributed by atoms with E-state index in [2.05, 4.69) is 17.6 Å². The first-order valence-electron chi connectivity index (χ1n) is 6.83. The molecule has 3 heteroatoms. The molecule has 0 radical (unpaired) electrons. The summed E-state index contributed by atoms with van der Waals surface area (Å²) in [6.45, 7) is 4.13. The van der Waals surface area contributed by atoms with Crippen molar-refractivity contribution in [3.63, 3.8) is 0 Å². The van der Waals surface area contributed by atoms with Gasteiger partial charge in [-0.05, 0) is 25.8 Å². The normalized spacial score (nSPS) is 19.9. The first-order chi connectivity index (χ1) is 7.83. The third-order valence-corrected chi connectivity index (χ3v) is 3.22. The number of nitrogens with one attached hydrogen (secondary N) is 2. The first-order valence-corrected chi connectivity index (χ1v) is 6.83. The van der Waals surface area contributed by atoms with Crippen molar-refractivity contribution in [3.05, 3.63) is 0 Å². The molecule has 94 valence electrons. The summed E-state index contributed by atoms with van der Waals surface area (Å²) >= 11 is 0. The predicted molar refractivity (Wildman–Crippen MR) is 67.4 cm³/mol. The molecule has 1 rings (SSSR count). The minimum atomic E-state index is 0.227. The van der Waals surface area contributed by atoms with Gasteiger partial charge in [0.25, 0.3) is 0 Å². The summed E-state index contributed by atoms with van der Waals surface area (Å²) < 4.78 is 0. The van der Waals surface area contributed by atoms with Gasteiger partial charge in [0.05, 0.1) is 0 Å². The molecule has 0 aromatic heterocycles. The topological polar surface area (TPSA) is 41.1 Å². The van der Waals surface area contributed by atoms with E-state index < -0.39 is 0 Å². The third-order valence-electron chi connectivity index (χ3n) is 3.22. The SMILES string of the molecule is CCCCCCCC(=O)NCC1CCCN1. The zero-order valence-electron chi connectivity index (χ0n) is 10.6. The molecule has 3 nitrogen and oxygen atoms in total. The highest BCUT2D eigenvalue weighted by atomic mass is 16.1. The molecule has 0 saturated carbocycles. The van der Waals surface area contributed by atoms with Crippen LogP contribution in [0.2, 0.25) is 0 Å². The molecular weight excluding hydrogens is 200 g/mol. The minimum Gasteiger partial charge on any atom is -0.355 e. The van der Waals surface area contributed by atoms with Gasteiger partial charge in [0.1, 0.15) is 0 Å². The Hall–Kier alpha value is -0.570. The minimum absolute atomic E-state index is 0.227. The van der Waals surface area contributed by atoms with Gasteiger partial charge < -0.3 is 10.6 Å². The number of rotatable bonds is 8. The molecule has 0 spiro atoms. The summed E-state index contributed by atoms with van der Waals surface area (Å²) in [6.07, 6.45) is 9.23. The Balaban J connectivity index is 1.90. The summed E-state index contributed by atoms with van der Waals surface area (Å²) in [7, 11) is 0. The van der Waals surface area contributed by atoms with Crippen LogP contribution in [0.5, 0.6) is 0 Å². The van der Waals surface area contributed by atoms with Crippen molar-refractivity contribution in [1.29, 1.82) is 0 Å². The molecule has 0 bridgehead atoms. The van der Waals surface area contributed by atoms with Crippen molar-refractivity contribution in [2.45, 2.75) is 64.3 Å². The van der Waals surface area contributed by atoms with Crippen LogP contribution in [0.1, 0.15) is 58.3 Å². The second-order valence-corrected chi connectivity index (χ2v) is 4.76. The van der Waals surface area contributed by atoms with Crippen LogP contribution in [0.3, 0.4) is 0 Å². The smallest absolute Gasteiger partial charge is 0.220 e. The van der Waals surface area contributed by atoms with Crippen molar-refractivity contribution in [3.8, 4) is 0 Å². The first kappa shape index (κ1) is 13.5. The van der Waals surface area contributed by atoms with E-state index in [1.807, 2.05) is 0 Å². The Morgan fingerprint density at radius 3 is 2.81 bits per heavy atom. The van der Waals surface area contributed by atoms with Crippen molar-refractivity contribution < 1.29 is 4.79 Å². The second kappa shape index (κ2) is 8.57. The molecule has 2 N–H and O–H groups in total. The maximum absolute atomic E-state index is 11.5. The van der Waals surface area contributed by atoms with Gasteiger partial charge in [-0.25, -0.2) is 0 Å². The highest BCUT2D eigenvalue weighted by Gasteiger charge is 2.14. The summed E-state index contributed by atoms with van der Waals surface area (Å²) in [4.78, 5) is 11.5. The summed E-state index contributed by atoms with van der Waals surface area (Å²) in [5, 5.41) is 6.40. The number of carbonyl (C=O) groups excluding carboxylic acids is 1. The lowest BCUT2D eigenvalue weighted by Gasteiger charge is -2.11. The third kappa shape index (κ3) is 6.11. The van der Waals surface area contributed by atoms with Gasteiger partial charge in [-0.1, -0.05) is 32.6 Å². The van der Waals surface area contributed by atoms with E-state index in [-0.39, 0.29) is 5.91 Å². The Morgan fingerprint density at radius 2 is 2.12 bits per heavy atom. The van der Waals surface area contributed by atoms with E-state index in [9.17, 15) is 4.79 Å². The van der Waals surface area contributed by atoms with E-state index in [0.29, 0.717) is 12.5 Å². The van der Waals surface area contributed by atoms with Crippen LogP contribution in [0.25, 0.3) is 0 Å². The van der Waals surface area contributed by atoms with Gasteiger partial charge in [0, 0.05) is 19.0 Å². The zero-order chi connectivity index (χ0) is 11.6. The molecule has 1 unspecified atom stereocenters. The number of hydrogen-bond acceptors (Lipinski definition) is 2. The standard InChI is InChI=1S/C13H26N2O/c1-2-3-4-5-6-9-13(16)15-11-12-8-7-10-14-12/h12,14H,2-11H2,1H3,(H,15,16). The Kier molecular flexibility index (Phi) is 7.23. The van der Waals surface area contributed by atoms with Gasteiger partial charge in [-0.2, -0.15) is 0 Å². The average Bonchev–Trinajstić information content (AvgIpc) is 2.79. The van der Waals surface area contributed by atoms with Crippen LogP contribution in [-0.2, 0) is 4.79 Å². The van der Waals surface area contributed by atoms with Crippen molar-refractivity contribution >= 4 is 5.91 Å². The molecule has 0 aromatic rings. The van der Waals surface area contributed by atoms with Crippen LogP contribution in [0, 0.1) is 0 Å². The monoisotopic (exact) mass is 226 g/mol. The Morgan fingerprint density at radius 1 is 1.31 bits per heavy atom. The molecule has 1 atom stereocenters. The van der Waals surface area contributed by atoms with Crippen LogP contribution in [-0.4, -0.2) is 25.0 Å². The van der Waals surface area contributed by atoms with Crippen LogP contribution < -0.4 is 10.6 Å². The Bertz CT molecular complexity index is 188. The Labute approximate surface area is 99.4 Å². The fourth-order valence-electron chi connectivity index (χ4n) is 2.15. The van der Waals surface area contributed by atoms with Crippen LogP contribution >= 0.6 is 0 Å². The van der Waals surface area contributed by atoms with E-state index in [1.54, 1.807) is 0 Å². The van der Waals surface area contributed by atoms with Gasteiger partial charge in [-0.15, -0.1) is 0 Å². The summed E-state index contributed by atoms with van der Waals surface area (Å²) in [5.74, 6) is 0.227. The fraction of sp³-hybridized carbons (Fsp3) is 0.923. The molecule has 16 heavy (non-hydrogen) atoms. The molecule has 1 aliphatic heterocycles. The number of amides is 1. The predicted octanol–water partition coefficient (Wildman–Crippen LogP) is 2.22. The number of carbonyl (C=O) groups is 1. The zero-order valence-corrected chi connectivity index (χ0v) is 10.6. The quantitative estimate of drug-likeness (QED) is 0.623. The van der Waals surface area contributed by atoms with Gasteiger partial charge >= 0.3 is 0 Å². The maximum atomic E-state index is 11.5. The maximum Gasteiger partial charge on any atom is 0.220 e. The van der Waals surface area contributed by atoms with E-state index in [1.165, 1.54) is 38.5 Å². The lowest BCUT2D eigenvalue weighted by atomic mass is 10.1. The fourth-order valence-corrected chi connectivity index (χ4v) is 2.15.